The predicted molar refractivity (Wildman–Crippen MR) is 134 cm³/mol. The molecule has 4 aromatic rings. The number of benzene rings is 2. The molecule has 0 amide bonds. The number of ether oxygens (including phenoxy) is 1. The molecule has 0 saturated carbocycles. The van der Waals surface area contributed by atoms with Gasteiger partial charge in [-0.15, -0.1) is 0 Å². The van der Waals surface area contributed by atoms with E-state index in [0.717, 1.165) is 22.9 Å². The first kappa shape index (κ1) is 23.7. The number of hydrogen-bond acceptors (Lipinski definition) is 7. The molecule has 192 valence electrons. The lowest BCUT2D eigenvalue weighted by Crippen LogP contribution is -2.36. The van der Waals surface area contributed by atoms with Crippen LogP contribution in [0.15, 0.2) is 48.8 Å². The van der Waals surface area contributed by atoms with Crippen molar-refractivity contribution in [2.45, 2.75) is 44.5 Å². The number of nitrogens with two attached hydrogens (primary N) is 1. The number of alkyl halides is 2. The first-order valence-corrected chi connectivity index (χ1v) is 13.5. The van der Waals surface area contributed by atoms with E-state index in [0.29, 0.717) is 34.8 Å². The van der Waals surface area contributed by atoms with Crippen LogP contribution in [0.4, 0.5) is 14.5 Å². The van der Waals surface area contributed by atoms with Gasteiger partial charge in [0.2, 0.25) is 10.0 Å². The summed E-state index contributed by atoms with van der Waals surface area (Å²) in [7, 11) is -3.76. The maximum absolute atomic E-state index is 13.3. The molecule has 37 heavy (non-hydrogen) atoms. The highest BCUT2D eigenvalue weighted by Gasteiger charge is 2.48. The molecule has 0 spiro atoms. The lowest BCUT2D eigenvalue weighted by Gasteiger charge is -2.35. The van der Waals surface area contributed by atoms with Crippen LogP contribution in [0.25, 0.3) is 22.2 Å². The summed E-state index contributed by atoms with van der Waals surface area (Å²) >= 11 is 0. The largest absolute Gasteiger partial charge is 0.434 e. The number of imidazole rings is 1. The molecule has 2 aromatic carbocycles. The van der Waals surface area contributed by atoms with Gasteiger partial charge in [-0.2, -0.15) is 8.78 Å². The minimum Gasteiger partial charge on any atom is -0.434 e. The minimum atomic E-state index is -3.76. The van der Waals surface area contributed by atoms with Crippen molar-refractivity contribution < 1.29 is 21.9 Å². The van der Waals surface area contributed by atoms with Gasteiger partial charge < -0.3 is 15.0 Å². The van der Waals surface area contributed by atoms with Crippen molar-refractivity contribution in [3.63, 3.8) is 0 Å². The molecule has 0 radical (unpaired) electrons. The number of rotatable bonds is 5. The lowest BCUT2D eigenvalue weighted by atomic mass is 9.95. The van der Waals surface area contributed by atoms with E-state index >= 15 is 0 Å². The average Bonchev–Trinajstić information content (AvgIpc) is 3.33. The second kappa shape index (κ2) is 7.93. The first-order valence-electron chi connectivity index (χ1n) is 11.6. The number of aromatic nitrogens is 4. The van der Waals surface area contributed by atoms with Crippen molar-refractivity contribution in [1.29, 1.82) is 0 Å². The predicted octanol–water partition coefficient (Wildman–Crippen LogP) is 4.10. The van der Waals surface area contributed by atoms with Crippen LogP contribution in [-0.4, -0.2) is 40.8 Å². The summed E-state index contributed by atoms with van der Waals surface area (Å²) in [4.78, 5) is 13.6. The molecule has 2 N–H and O–H groups in total. The third kappa shape index (κ3) is 3.74. The molecule has 2 atom stereocenters. The molecule has 2 aliphatic rings. The topological polar surface area (TPSA) is 116 Å². The van der Waals surface area contributed by atoms with Gasteiger partial charge in [-0.05, 0) is 43.7 Å². The fraction of sp³-hybridized carbons (Fsp3) is 0.320. The van der Waals surface area contributed by atoms with Gasteiger partial charge in [0.1, 0.15) is 23.4 Å². The van der Waals surface area contributed by atoms with E-state index in [1.807, 2.05) is 36.6 Å². The van der Waals surface area contributed by atoms with Gasteiger partial charge in [0, 0.05) is 29.9 Å². The number of fused-ring (bicyclic) bond motifs is 9. The van der Waals surface area contributed by atoms with Crippen molar-refractivity contribution in [2.24, 2.45) is 5.73 Å². The van der Waals surface area contributed by atoms with E-state index in [9.17, 15) is 17.2 Å². The molecule has 4 heterocycles. The fourth-order valence-corrected chi connectivity index (χ4v) is 6.53. The molecule has 0 fully saturated rings. The van der Waals surface area contributed by atoms with Crippen LogP contribution in [0.1, 0.15) is 49.6 Å². The third-order valence-corrected chi connectivity index (χ3v) is 7.97. The summed E-state index contributed by atoms with van der Waals surface area (Å²) in [6.45, 7) is 0.598. The summed E-state index contributed by atoms with van der Waals surface area (Å²) < 4.78 is 60.5. The SMILES string of the molecule is CC(C)(N)c1ncc(-c2ccc3nc4n(c3c2)[C@@H]2C[C@H]4N(S(C)(=O)=O)c3cccc(OC(F)F)c32)cn1. The van der Waals surface area contributed by atoms with Crippen LogP contribution in [0, 0.1) is 0 Å². The summed E-state index contributed by atoms with van der Waals surface area (Å²) in [6, 6.07) is 9.24. The Balaban J connectivity index is 1.54. The van der Waals surface area contributed by atoms with Gasteiger partial charge in [0.15, 0.2) is 0 Å². The Bertz CT molecular complexity index is 1650. The van der Waals surface area contributed by atoms with Gasteiger partial charge in [0.25, 0.3) is 0 Å². The lowest BCUT2D eigenvalue weighted by molar-refractivity contribution is -0.0506. The molecular formula is C25H24F2N6O3S. The smallest absolute Gasteiger partial charge is 0.387 e. The fourth-order valence-electron chi connectivity index (χ4n) is 5.37. The van der Waals surface area contributed by atoms with Gasteiger partial charge in [-0.3, -0.25) is 4.31 Å². The van der Waals surface area contributed by atoms with Gasteiger partial charge in [-0.1, -0.05) is 12.1 Å². The summed E-state index contributed by atoms with van der Waals surface area (Å²) in [5.41, 5.74) is 9.15. The van der Waals surface area contributed by atoms with Crippen molar-refractivity contribution >= 4 is 26.7 Å². The van der Waals surface area contributed by atoms with Crippen molar-refractivity contribution in [2.75, 3.05) is 10.6 Å². The van der Waals surface area contributed by atoms with Crippen molar-refractivity contribution in [1.82, 2.24) is 19.5 Å². The molecule has 12 heteroatoms. The highest BCUT2D eigenvalue weighted by atomic mass is 32.2. The van der Waals surface area contributed by atoms with Crippen molar-refractivity contribution in [3.8, 4) is 16.9 Å². The maximum Gasteiger partial charge on any atom is 0.387 e. The van der Waals surface area contributed by atoms with E-state index in [-0.39, 0.29) is 5.75 Å². The Morgan fingerprint density at radius 2 is 1.84 bits per heavy atom. The number of hydrogen-bond donors (Lipinski definition) is 1. The molecular weight excluding hydrogens is 502 g/mol. The molecule has 2 aliphatic heterocycles. The second-order valence-electron chi connectivity index (χ2n) is 9.95. The van der Waals surface area contributed by atoms with E-state index < -0.39 is 34.3 Å². The highest BCUT2D eigenvalue weighted by molar-refractivity contribution is 7.92. The van der Waals surface area contributed by atoms with Crippen LogP contribution in [-0.2, 0) is 15.6 Å². The van der Waals surface area contributed by atoms with Crippen LogP contribution < -0.4 is 14.8 Å². The van der Waals surface area contributed by atoms with Gasteiger partial charge in [-0.25, -0.2) is 23.4 Å². The third-order valence-electron chi connectivity index (χ3n) is 6.80. The minimum absolute atomic E-state index is 0.0520. The zero-order valence-electron chi connectivity index (χ0n) is 20.3. The Labute approximate surface area is 212 Å². The molecule has 9 nitrogen and oxygen atoms in total. The number of sulfonamides is 1. The molecule has 2 bridgehead atoms. The second-order valence-corrected chi connectivity index (χ2v) is 11.8. The quantitative estimate of drug-likeness (QED) is 0.416. The summed E-state index contributed by atoms with van der Waals surface area (Å²) in [5, 5.41) is 0. The highest BCUT2D eigenvalue weighted by Crippen LogP contribution is 2.55. The van der Waals surface area contributed by atoms with Crippen LogP contribution in [0.3, 0.4) is 0 Å². The van der Waals surface area contributed by atoms with E-state index in [1.54, 1.807) is 18.5 Å². The van der Waals surface area contributed by atoms with E-state index in [4.69, 9.17) is 15.5 Å². The molecule has 0 unspecified atom stereocenters. The standard InChI is InChI=1S/C25H24F2N6O3S/c1-25(2,28)23-29-11-14(12-30-23)13-7-8-15-17(9-13)32-18-10-19(22(32)31-15)33(37(3,34)35)16-5-4-6-20(21(16)18)36-24(26)27/h4-9,11-12,18-19,24H,10,28H2,1-3H3/t18-,19-/m1/s1. The Morgan fingerprint density at radius 1 is 1.11 bits per heavy atom. The monoisotopic (exact) mass is 526 g/mol. The van der Waals surface area contributed by atoms with Crippen LogP contribution in [0.2, 0.25) is 0 Å². The summed E-state index contributed by atoms with van der Waals surface area (Å²) in [5.74, 6) is 1.02. The number of anilines is 1. The Morgan fingerprint density at radius 3 is 2.49 bits per heavy atom. The average molecular weight is 527 g/mol. The van der Waals surface area contributed by atoms with E-state index in [2.05, 4.69) is 9.97 Å². The van der Waals surface area contributed by atoms with Crippen LogP contribution in [0.5, 0.6) is 5.75 Å². The van der Waals surface area contributed by atoms with Gasteiger partial charge in [0.05, 0.1) is 34.6 Å². The van der Waals surface area contributed by atoms with Gasteiger partial charge >= 0.3 is 6.61 Å². The zero-order chi connectivity index (χ0) is 26.3. The van der Waals surface area contributed by atoms with E-state index in [1.165, 1.54) is 16.4 Å². The molecule has 0 saturated heterocycles. The number of nitrogens with zero attached hydrogens (tertiary/aromatic N) is 5. The van der Waals surface area contributed by atoms with Crippen LogP contribution >= 0.6 is 0 Å². The zero-order valence-corrected chi connectivity index (χ0v) is 21.1. The molecule has 6 rings (SSSR count). The Hall–Kier alpha value is -3.64. The molecule has 2 aromatic heterocycles. The molecule has 0 aliphatic carbocycles. The normalized spacial score (nSPS) is 18.8. The Kier molecular flexibility index (Phi) is 5.09. The van der Waals surface area contributed by atoms with Crippen molar-refractivity contribution in [3.05, 3.63) is 66.0 Å². The maximum atomic E-state index is 13.3. The number of halogens is 2. The first-order chi connectivity index (χ1) is 17.4. The summed E-state index contributed by atoms with van der Waals surface area (Å²) in [6.07, 6.45) is 4.86.